The van der Waals surface area contributed by atoms with E-state index in [4.69, 9.17) is 0 Å². The molecule has 0 aliphatic rings. The molecule has 1 unspecified atom stereocenters. The second-order valence-electron chi connectivity index (χ2n) is 7.67. The van der Waals surface area contributed by atoms with Crippen LogP contribution in [0.5, 0.6) is 0 Å². The molecule has 1 atom stereocenters. The number of halogens is 1. The van der Waals surface area contributed by atoms with Crippen molar-refractivity contribution in [3.05, 3.63) is 90.0 Å². The number of nitrogens with one attached hydrogen (secondary N) is 2. The number of carbonyl (C=O) groups is 2. The Bertz CT molecular complexity index is 1280. The second-order valence-corrected chi connectivity index (χ2v) is 7.67. The first kappa shape index (κ1) is 21.9. The van der Waals surface area contributed by atoms with E-state index < -0.39 is 6.04 Å². The minimum absolute atomic E-state index is 0.231. The third kappa shape index (κ3) is 4.67. The van der Waals surface area contributed by atoms with Gasteiger partial charge in [-0.25, -0.2) is 14.1 Å². The van der Waals surface area contributed by atoms with Gasteiger partial charge in [0, 0.05) is 28.5 Å². The number of hydrogen-bond donors (Lipinski definition) is 2. The van der Waals surface area contributed by atoms with E-state index in [1.54, 1.807) is 49.4 Å². The highest BCUT2D eigenvalue weighted by atomic mass is 19.1. The number of carbonyl (C=O) groups excluding carboxylic acids is 2. The average Bonchev–Trinajstić information content (AvgIpc) is 3.43. The van der Waals surface area contributed by atoms with E-state index in [2.05, 4.69) is 20.7 Å². The fourth-order valence-corrected chi connectivity index (χ4v) is 3.60. The Balaban J connectivity index is 1.44. The number of aryl methyl sites for hydroxylation is 1. The molecule has 4 rings (SSSR count). The van der Waals surface area contributed by atoms with Gasteiger partial charge in [0.05, 0.1) is 5.56 Å². The smallest absolute Gasteiger partial charge is 0.257 e. The molecule has 0 saturated carbocycles. The van der Waals surface area contributed by atoms with E-state index in [-0.39, 0.29) is 17.6 Å². The normalized spacial score (nSPS) is 11.8. The first-order valence-electron chi connectivity index (χ1n) is 10.3. The minimum Gasteiger partial charge on any atom is -0.324 e. The molecule has 8 nitrogen and oxygen atoms in total. The highest BCUT2D eigenvalue weighted by molar-refractivity contribution is 6.05. The predicted octanol–water partition coefficient (Wildman–Crippen LogP) is 4.28. The van der Waals surface area contributed by atoms with Gasteiger partial charge in [-0.15, -0.1) is 0 Å². The Morgan fingerprint density at radius 2 is 1.61 bits per heavy atom. The Labute approximate surface area is 190 Å². The third-order valence-electron chi connectivity index (χ3n) is 5.38. The Hall–Kier alpha value is -4.27. The van der Waals surface area contributed by atoms with E-state index in [0.29, 0.717) is 16.9 Å². The maximum atomic E-state index is 13.3. The van der Waals surface area contributed by atoms with E-state index in [9.17, 15) is 14.0 Å². The molecule has 0 saturated heterocycles. The summed E-state index contributed by atoms with van der Waals surface area (Å²) in [6.07, 6.45) is 2.86. The van der Waals surface area contributed by atoms with Crippen molar-refractivity contribution in [3.63, 3.8) is 0 Å². The van der Waals surface area contributed by atoms with Crippen LogP contribution < -0.4 is 10.6 Å². The monoisotopic (exact) mass is 446 g/mol. The summed E-state index contributed by atoms with van der Waals surface area (Å²) in [5, 5.41) is 9.66. The molecule has 2 aromatic carbocycles. The fourth-order valence-electron chi connectivity index (χ4n) is 3.60. The van der Waals surface area contributed by atoms with Crippen molar-refractivity contribution in [1.82, 2.24) is 19.3 Å². The van der Waals surface area contributed by atoms with Crippen LogP contribution in [0.1, 0.15) is 34.7 Å². The maximum Gasteiger partial charge on any atom is 0.257 e. The number of hydrogen-bond acceptors (Lipinski definition) is 4. The number of amides is 2. The highest BCUT2D eigenvalue weighted by Crippen LogP contribution is 2.23. The van der Waals surface area contributed by atoms with Crippen molar-refractivity contribution in [3.8, 4) is 5.69 Å². The van der Waals surface area contributed by atoms with Crippen molar-refractivity contribution in [2.75, 3.05) is 10.6 Å². The van der Waals surface area contributed by atoms with E-state index in [0.717, 1.165) is 17.1 Å². The molecule has 2 aromatic heterocycles. The summed E-state index contributed by atoms with van der Waals surface area (Å²) in [6.45, 7) is 5.46. The van der Waals surface area contributed by atoms with Gasteiger partial charge in [-0.2, -0.15) is 5.10 Å². The van der Waals surface area contributed by atoms with Crippen LogP contribution in [0.15, 0.2) is 67.3 Å². The Morgan fingerprint density at radius 1 is 0.970 bits per heavy atom. The highest BCUT2D eigenvalue weighted by Gasteiger charge is 2.18. The van der Waals surface area contributed by atoms with Crippen molar-refractivity contribution in [1.29, 1.82) is 0 Å². The number of nitrogens with zero attached hydrogens (tertiary/aromatic N) is 4. The molecule has 0 bridgehead atoms. The molecule has 9 heteroatoms. The van der Waals surface area contributed by atoms with Crippen LogP contribution in [-0.4, -0.2) is 31.1 Å². The van der Waals surface area contributed by atoms with E-state index in [1.165, 1.54) is 29.5 Å². The zero-order valence-electron chi connectivity index (χ0n) is 18.4. The largest absolute Gasteiger partial charge is 0.324 e. The van der Waals surface area contributed by atoms with Crippen molar-refractivity contribution >= 4 is 23.2 Å². The zero-order chi connectivity index (χ0) is 23.5. The summed E-state index contributed by atoms with van der Waals surface area (Å²) in [5.74, 6) is -0.801. The van der Waals surface area contributed by atoms with Crippen LogP contribution in [0.25, 0.3) is 5.69 Å². The first-order valence-corrected chi connectivity index (χ1v) is 10.3. The standard InChI is InChI=1S/C24H23FN6O2/c1-15-12-22(16(2)31(15)21-10-4-18(25)5-11-21)24(33)29-20-8-6-19(7-9-20)28-23(32)17(3)30-14-26-13-27-30/h4-14,17H,1-3H3,(H,28,32)(H,29,33). The molecule has 0 aliphatic carbocycles. The number of aromatic nitrogens is 4. The summed E-state index contributed by atoms with van der Waals surface area (Å²) in [5.41, 5.74) is 4.11. The van der Waals surface area contributed by atoms with Crippen molar-refractivity contribution in [2.45, 2.75) is 26.8 Å². The molecular weight excluding hydrogens is 423 g/mol. The van der Waals surface area contributed by atoms with Crippen LogP contribution >= 0.6 is 0 Å². The van der Waals surface area contributed by atoms with Crippen molar-refractivity contribution < 1.29 is 14.0 Å². The van der Waals surface area contributed by atoms with Gasteiger partial charge >= 0.3 is 0 Å². The number of benzene rings is 2. The fraction of sp³-hybridized carbons (Fsp3) is 0.167. The van der Waals surface area contributed by atoms with Crippen LogP contribution in [-0.2, 0) is 4.79 Å². The average molecular weight is 446 g/mol. The van der Waals surface area contributed by atoms with Gasteiger partial charge in [0.25, 0.3) is 5.91 Å². The lowest BCUT2D eigenvalue weighted by Gasteiger charge is -2.13. The Morgan fingerprint density at radius 3 is 2.21 bits per heavy atom. The lowest BCUT2D eigenvalue weighted by atomic mass is 10.2. The molecule has 168 valence electrons. The topological polar surface area (TPSA) is 93.8 Å². The zero-order valence-corrected chi connectivity index (χ0v) is 18.4. The molecule has 2 N–H and O–H groups in total. The van der Waals surface area contributed by atoms with E-state index in [1.807, 2.05) is 18.4 Å². The lowest BCUT2D eigenvalue weighted by Crippen LogP contribution is -2.24. The van der Waals surface area contributed by atoms with E-state index >= 15 is 0 Å². The number of rotatable bonds is 6. The molecule has 0 spiro atoms. The van der Waals surface area contributed by atoms with Crippen LogP contribution in [0.3, 0.4) is 0 Å². The predicted molar refractivity (Wildman–Crippen MR) is 123 cm³/mol. The molecule has 2 heterocycles. The van der Waals surface area contributed by atoms with Gasteiger partial charge in [0.15, 0.2) is 0 Å². The van der Waals surface area contributed by atoms with Crippen LogP contribution in [0, 0.1) is 19.7 Å². The molecule has 0 fully saturated rings. The molecule has 33 heavy (non-hydrogen) atoms. The summed E-state index contributed by atoms with van der Waals surface area (Å²) in [6, 6.07) is 14.3. The van der Waals surface area contributed by atoms with Crippen molar-refractivity contribution in [2.24, 2.45) is 0 Å². The maximum absolute atomic E-state index is 13.3. The minimum atomic E-state index is -0.511. The SMILES string of the molecule is Cc1cc(C(=O)Nc2ccc(NC(=O)C(C)n3cncn3)cc2)c(C)n1-c1ccc(F)cc1. The lowest BCUT2D eigenvalue weighted by molar-refractivity contribution is -0.119. The molecule has 0 radical (unpaired) electrons. The van der Waals surface area contributed by atoms with Gasteiger partial charge in [-0.3, -0.25) is 9.59 Å². The van der Waals surface area contributed by atoms with Crippen LogP contribution in [0.2, 0.25) is 0 Å². The van der Waals surface area contributed by atoms with Gasteiger partial charge in [-0.05, 0) is 75.4 Å². The summed E-state index contributed by atoms with van der Waals surface area (Å²) < 4.78 is 16.6. The van der Waals surface area contributed by atoms with Crippen LogP contribution in [0.4, 0.5) is 15.8 Å². The molecular formula is C24H23FN6O2. The number of anilines is 2. The summed E-state index contributed by atoms with van der Waals surface area (Å²) >= 11 is 0. The van der Waals surface area contributed by atoms with Gasteiger partial charge in [0.1, 0.15) is 24.5 Å². The van der Waals surface area contributed by atoms with Gasteiger partial charge in [-0.1, -0.05) is 0 Å². The van der Waals surface area contributed by atoms with Gasteiger partial charge < -0.3 is 15.2 Å². The summed E-state index contributed by atoms with van der Waals surface area (Å²) in [7, 11) is 0. The molecule has 0 aliphatic heterocycles. The Kier molecular flexibility index (Phi) is 6.03. The summed E-state index contributed by atoms with van der Waals surface area (Å²) in [4.78, 5) is 29.1. The molecule has 4 aromatic rings. The molecule has 2 amide bonds. The quantitative estimate of drug-likeness (QED) is 0.462. The third-order valence-corrected chi connectivity index (χ3v) is 5.38. The first-order chi connectivity index (χ1) is 15.8. The second kappa shape index (κ2) is 9.07. The van der Waals surface area contributed by atoms with Gasteiger partial charge in [0.2, 0.25) is 5.91 Å².